The van der Waals surface area contributed by atoms with E-state index in [0.29, 0.717) is 12.6 Å². The van der Waals surface area contributed by atoms with E-state index in [1.807, 2.05) is 0 Å². The van der Waals surface area contributed by atoms with Gasteiger partial charge in [0, 0.05) is 19.1 Å². The highest BCUT2D eigenvalue weighted by atomic mass is 79.9. The number of rotatable bonds is 7. The van der Waals surface area contributed by atoms with E-state index in [2.05, 4.69) is 53.7 Å². The molecule has 0 bridgehead atoms. The Kier molecular flexibility index (Phi) is 7.97. The van der Waals surface area contributed by atoms with Gasteiger partial charge in [0.25, 0.3) is 0 Å². The second-order valence-electron chi connectivity index (χ2n) is 4.19. The summed E-state index contributed by atoms with van der Waals surface area (Å²) in [6.07, 6.45) is 0. The summed E-state index contributed by atoms with van der Waals surface area (Å²) < 4.78 is 4.70. The minimum atomic E-state index is -0.248. The SMILES string of the molecule is CCN(CC(Br)C(=O)OC)C(C)CN(C)C. The van der Waals surface area contributed by atoms with E-state index in [1.54, 1.807) is 0 Å². The maximum atomic E-state index is 11.3. The third-order valence-corrected chi connectivity index (χ3v) is 3.17. The van der Waals surface area contributed by atoms with Crippen LogP contribution in [0.1, 0.15) is 13.8 Å². The summed E-state index contributed by atoms with van der Waals surface area (Å²) in [4.78, 5) is 15.5. The average molecular weight is 295 g/mol. The number of esters is 1. The van der Waals surface area contributed by atoms with Crippen LogP contribution in [0.4, 0.5) is 0 Å². The van der Waals surface area contributed by atoms with Crippen molar-refractivity contribution >= 4 is 21.9 Å². The quantitative estimate of drug-likeness (QED) is 0.522. The molecule has 0 saturated carbocycles. The molecule has 0 radical (unpaired) electrons. The van der Waals surface area contributed by atoms with Crippen molar-refractivity contribution in [3.8, 4) is 0 Å². The van der Waals surface area contributed by atoms with Gasteiger partial charge in [0.05, 0.1) is 7.11 Å². The van der Waals surface area contributed by atoms with Gasteiger partial charge in [0.2, 0.25) is 0 Å². The zero-order valence-corrected chi connectivity index (χ0v) is 12.5. The predicted molar refractivity (Wildman–Crippen MR) is 70.0 cm³/mol. The van der Waals surface area contributed by atoms with Crippen molar-refractivity contribution in [2.24, 2.45) is 0 Å². The molecule has 0 aliphatic carbocycles. The lowest BCUT2D eigenvalue weighted by molar-refractivity contribution is -0.140. The van der Waals surface area contributed by atoms with Crippen LogP contribution in [0.2, 0.25) is 0 Å². The molecule has 5 heteroatoms. The van der Waals surface area contributed by atoms with Crippen LogP contribution < -0.4 is 0 Å². The number of carbonyl (C=O) groups excluding carboxylic acids is 1. The van der Waals surface area contributed by atoms with Crippen LogP contribution in [0.3, 0.4) is 0 Å². The minimum Gasteiger partial charge on any atom is -0.468 e. The Morgan fingerprint density at radius 2 is 1.94 bits per heavy atom. The first kappa shape index (κ1) is 15.9. The summed E-state index contributed by atoms with van der Waals surface area (Å²) in [5.41, 5.74) is 0. The molecule has 16 heavy (non-hydrogen) atoms. The van der Waals surface area contributed by atoms with Crippen molar-refractivity contribution in [2.75, 3.05) is 40.8 Å². The summed E-state index contributed by atoms with van der Waals surface area (Å²) >= 11 is 3.35. The number of hydrogen-bond acceptors (Lipinski definition) is 4. The number of methoxy groups -OCH3 is 1. The molecule has 4 nitrogen and oxygen atoms in total. The van der Waals surface area contributed by atoms with Crippen LogP contribution in [0.15, 0.2) is 0 Å². The largest absolute Gasteiger partial charge is 0.468 e. The zero-order chi connectivity index (χ0) is 12.7. The minimum absolute atomic E-state index is 0.212. The molecule has 0 aliphatic rings. The molecule has 0 spiro atoms. The van der Waals surface area contributed by atoms with Crippen molar-refractivity contribution < 1.29 is 9.53 Å². The number of alkyl halides is 1. The van der Waals surface area contributed by atoms with E-state index in [4.69, 9.17) is 4.74 Å². The van der Waals surface area contributed by atoms with E-state index in [0.717, 1.165) is 13.1 Å². The molecule has 0 saturated heterocycles. The highest BCUT2D eigenvalue weighted by molar-refractivity contribution is 9.10. The predicted octanol–water partition coefficient (Wildman–Crippen LogP) is 1.19. The number of carbonyl (C=O) groups is 1. The lowest BCUT2D eigenvalue weighted by Crippen LogP contribution is -2.44. The van der Waals surface area contributed by atoms with Gasteiger partial charge in [0.1, 0.15) is 4.83 Å². The molecule has 2 unspecified atom stereocenters. The van der Waals surface area contributed by atoms with Gasteiger partial charge in [-0.05, 0) is 27.6 Å². The molecule has 0 rings (SSSR count). The molecule has 96 valence electrons. The topological polar surface area (TPSA) is 32.8 Å². The van der Waals surface area contributed by atoms with Crippen molar-refractivity contribution in [1.29, 1.82) is 0 Å². The maximum absolute atomic E-state index is 11.3. The van der Waals surface area contributed by atoms with Gasteiger partial charge in [-0.25, -0.2) is 0 Å². The Hall–Kier alpha value is -0.130. The number of halogens is 1. The van der Waals surface area contributed by atoms with Crippen LogP contribution in [0, 0.1) is 0 Å². The molecular weight excluding hydrogens is 272 g/mol. The van der Waals surface area contributed by atoms with Crippen molar-refractivity contribution in [1.82, 2.24) is 9.80 Å². The molecule has 0 aromatic rings. The molecule has 0 N–H and O–H groups in total. The summed E-state index contributed by atoms with van der Waals surface area (Å²) in [7, 11) is 5.52. The van der Waals surface area contributed by atoms with Crippen LogP contribution in [-0.4, -0.2) is 67.5 Å². The lowest BCUT2D eigenvalue weighted by Gasteiger charge is -2.30. The normalized spacial score (nSPS) is 15.2. The number of hydrogen-bond donors (Lipinski definition) is 0. The average Bonchev–Trinajstić information content (AvgIpc) is 2.23. The van der Waals surface area contributed by atoms with Gasteiger partial charge >= 0.3 is 5.97 Å². The van der Waals surface area contributed by atoms with E-state index >= 15 is 0 Å². The van der Waals surface area contributed by atoms with Gasteiger partial charge in [-0.15, -0.1) is 0 Å². The van der Waals surface area contributed by atoms with Gasteiger partial charge in [-0.1, -0.05) is 22.9 Å². The first-order chi connectivity index (χ1) is 7.42. The van der Waals surface area contributed by atoms with Gasteiger partial charge in [-0.3, -0.25) is 9.69 Å². The van der Waals surface area contributed by atoms with Gasteiger partial charge < -0.3 is 9.64 Å². The smallest absolute Gasteiger partial charge is 0.320 e. The van der Waals surface area contributed by atoms with Gasteiger partial charge in [-0.2, -0.15) is 0 Å². The van der Waals surface area contributed by atoms with Gasteiger partial charge in [0.15, 0.2) is 0 Å². The second kappa shape index (κ2) is 8.03. The fourth-order valence-electron chi connectivity index (χ4n) is 1.67. The Balaban J connectivity index is 4.23. The fourth-order valence-corrected chi connectivity index (χ4v) is 2.23. The van der Waals surface area contributed by atoms with E-state index in [-0.39, 0.29) is 10.8 Å². The molecule has 0 heterocycles. The van der Waals surface area contributed by atoms with E-state index < -0.39 is 0 Å². The molecule has 0 amide bonds. The third-order valence-electron chi connectivity index (χ3n) is 2.51. The first-order valence-corrected chi connectivity index (χ1v) is 6.44. The molecule has 0 aliphatic heterocycles. The van der Waals surface area contributed by atoms with Crippen LogP contribution in [-0.2, 0) is 9.53 Å². The zero-order valence-electron chi connectivity index (χ0n) is 10.9. The number of likely N-dealkylation sites (N-methyl/N-ethyl adjacent to an activating group) is 2. The molecule has 2 atom stereocenters. The Labute approximate surface area is 107 Å². The summed E-state index contributed by atoms with van der Waals surface area (Å²) in [5, 5.41) is 0. The van der Waals surface area contributed by atoms with E-state index in [9.17, 15) is 4.79 Å². The summed E-state index contributed by atoms with van der Waals surface area (Å²) in [6.45, 7) is 6.85. The second-order valence-corrected chi connectivity index (χ2v) is 5.29. The molecule has 0 aromatic carbocycles. The number of nitrogens with zero attached hydrogens (tertiary/aromatic N) is 2. The van der Waals surface area contributed by atoms with Crippen LogP contribution in [0.5, 0.6) is 0 Å². The summed E-state index contributed by atoms with van der Waals surface area (Å²) in [5.74, 6) is -0.212. The van der Waals surface area contributed by atoms with Crippen LogP contribution in [0.25, 0.3) is 0 Å². The van der Waals surface area contributed by atoms with Crippen molar-refractivity contribution in [3.63, 3.8) is 0 Å². The maximum Gasteiger partial charge on any atom is 0.320 e. The fraction of sp³-hybridized carbons (Fsp3) is 0.909. The van der Waals surface area contributed by atoms with Crippen LogP contribution >= 0.6 is 15.9 Å². The van der Waals surface area contributed by atoms with Crippen molar-refractivity contribution in [3.05, 3.63) is 0 Å². The Bertz CT molecular complexity index is 212. The third kappa shape index (κ3) is 5.82. The molecular formula is C11H23BrN2O2. The lowest BCUT2D eigenvalue weighted by atomic mass is 10.2. The monoisotopic (exact) mass is 294 g/mol. The molecule has 0 aromatic heterocycles. The standard InChI is InChI=1S/C11H23BrN2O2/c1-6-14(9(2)7-13(3)4)8-10(12)11(15)16-5/h9-10H,6-8H2,1-5H3. The summed E-state index contributed by atoms with van der Waals surface area (Å²) in [6, 6.07) is 0.421. The Morgan fingerprint density at radius 1 is 1.38 bits per heavy atom. The number of ether oxygens (including phenoxy) is 1. The van der Waals surface area contributed by atoms with E-state index in [1.165, 1.54) is 7.11 Å². The highest BCUT2D eigenvalue weighted by Gasteiger charge is 2.21. The molecule has 0 fully saturated rings. The first-order valence-electron chi connectivity index (χ1n) is 5.53. The van der Waals surface area contributed by atoms with Crippen molar-refractivity contribution in [2.45, 2.75) is 24.7 Å². The Morgan fingerprint density at radius 3 is 2.31 bits per heavy atom. The highest BCUT2D eigenvalue weighted by Crippen LogP contribution is 2.08.